The lowest BCUT2D eigenvalue weighted by molar-refractivity contribution is 0.173. The predicted octanol–water partition coefficient (Wildman–Crippen LogP) is 3.82. The Morgan fingerprint density at radius 2 is 2.05 bits per heavy atom. The molecule has 0 bridgehead atoms. The molecule has 0 aliphatic carbocycles. The lowest BCUT2D eigenvalue weighted by Crippen LogP contribution is -2.12. The number of benzene rings is 1. The summed E-state index contributed by atoms with van der Waals surface area (Å²) in [6.07, 6.45) is 0. The average Bonchev–Trinajstić information content (AvgIpc) is 2.98. The van der Waals surface area contributed by atoms with Crippen LogP contribution in [-0.4, -0.2) is 6.79 Å². The monoisotopic (exact) mass is 387 g/mol. The van der Waals surface area contributed by atoms with Crippen molar-refractivity contribution in [1.29, 1.82) is 0 Å². The molecule has 0 radical (unpaired) electrons. The van der Waals surface area contributed by atoms with E-state index in [4.69, 9.17) is 13.9 Å². The molecular formula is C13H11Br2NO3. The third-order valence-corrected chi connectivity index (χ3v) is 4.50. The van der Waals surface area contributed by atoms with Gasteiger partial charge in [-0.25, -0.2) is 0 Å². The van der Waals surface area contributed by atoms with Gasteiger partial charge in [0.2, 0.25) is 6.79 Å². The highest BCUT2D eigenvalue weighted by Gasteiger charge is 2.16. The first-order chi connectivity index (χ1) is 9.24. The highest BCUT2D eigenvalue weighted by Crippen LogP contribution is 2.35. The van der Waals surface area contributed by atoms with Crippen LogP contribution in [0.4, 0.5) is 0 Å². The van der Waals surface area contributed by atoms with Gasteiger partial charge in [-0.15, -0.1) is 0 Å². The smallest absolute Gasteiger partial charge is 0.231 e. The van der Waals surface area contributed by atoms with Gasteiger partial charge in [0, 0.05) is 12.1 Å². The van der Waals surface area contributed by atoms with Crippen LogP contribution >= 0.6 is 31.9 Å². The second kappa shape index (κ2) is 5.56. The number of hydrogen-bond donors (Lipinski definition) is 1. The summed E-state index contributed by atoms with van der Waals surface area (Å²) in [5.74, 6) is 2.50. The molecule has 0 atom stereocenters. The Morgan fingerprint density at radius 1 is 1.16 bits per heavy atom. The quantitative estimate of drug-likeness (QED) is 0.864. The molecule has 0 spiro atoms. The molecule has 100 valence electrons. The number of ether oxygens (including phenoxy) is 2. The molecule has 0 amide bonds. The summed E-state index contributed by atoms with van der Waals surface area (Å²) < 4.78 is 17.9. The molecule has 0 saturated carbocycles. The number of halogens is 2. The molecule has 19 heavy (non-hydrogen) atoms. The molecular weight excluding hydrogens is 378 g/mol. The van der Waals surface area contributed by atoms with E-state index >= 15 is 0 Å². The first kappa shape index (κ1) is 13.0. The Hall–Kier alpha value is -0.980. The molecule has 1 aromatic heterocycles. The fraction of sp³-hybridized carbons (Fsp3) is 0.231. The third-order valence-electron chi connectivity index (χ3n) is 2.79. The van der Waals surface area contributed by atoms with Crippen LogP contribution in [0.15, 0.2) is 37.8 Å². The number of furan rings is 1. The van der Waals surface area contributed by atoms with Crippen LogP contribution < -0.4 is 14.8 Å². The van der Waals surface area contributed by atoms with Crippen molar-refractivity contribution >= 4 is 31.9 Å². The van der Waals surface area contributed by atoms with E-state index in [1.165, 1.54) is 0 Å². The number of fused-ring (bicyclic) bond motifs is 1. The molecule has 1 aliphatic heterocycles. The minimum absolute atomic E-state index is 0.296. The number of hydrogen-bond acceptors (Lipinski definition) is 4. The number of nitrogens with one attached hydrogen (secondary N) is 1. The van der Waals surface area contributed by atoms with Crippen LogP contribution in [0.1, 0.15) is 11.3 Å². The van der Waals surface area contributed by atoms with E-state index in [1.807, 2.05) is 24.3 Å². The molecule has 6 heteroatoms. The van der Waals surface area contributed by atoms with Gasteiger partial charge in [-0.2, -0.15) is 0 Å². The zero-order chi connectivity index (χ0) is 13.2. The first-order valence-corrected chi connectivity index (χ1v) is 7.34. The van der Waals surface area contributed by atoms with Crippen LogP contribution in [0, 0.1) is 0 Å². The second-order valence-corrected chi connectivity index (χ2v) is 5.66. The van der Waals surface area contributed by atoms with E-state index in [1.54, 1.807) is 0 Å². The van der Waals surface area contributed by atoms with Crippen molar-refractivity contribution in [3.8, 4) is 11.5 Å². The van der Waals surface area contributed by atoms with E-state index in [-0.39, 0.29) is 0 Å². The first-order valence-electron chi connectivity index (χ1n) is 5.76. The zero-order valence-corrected chi connectivity index (χ0v) is 13.1. The summed E-state index contributed by atoms with van der Waals surface area (Å²) in [4.78, 5) is 0. The third kappa shape index (κ3) is 2.80. The molecule has 0 fully saturated rings. The van der Waals surface area contributed by atoms with Crippen molar-refractivity contribution in [2.75, 3.05) is 6.79 Å². The maximum Gasteiger partial charge on any atom is 0.231 e. The van der Waals surface area contributed by atoms with Crippen molar-refractivity contribution in [3.63, 3.8) is 0 Å². The van der Waals surface area contributed by atoms with E-state index < -0.39 is 0 Å². The Kier molecular flexibility index (Phi) is 3.81. The van der Waals surface area contributed by atoms with Crippen LogP contribution in [0.5, 0.6) is 11.5 Å². The summed E-state index contributed by atoms with van der Waals surface area (Å²) in [5.41, 5.74) is 1.08. The van der Waals surface area contributed by atoms with Gasteiger partial charge in [-0.1, -0.05) is 12.1 Å². The van der Waals surface area contributed by atoms with E-state index in [0.717, 1.165) is 27.3 Å². The Morgan fingerprint density at radius 3 is 2.84 bits per heavy atom. The van der Waals surface area contributed by atoms with E-state index in [2.05, 4.69) is 37.2 Å². The molecule has 0 saturated heterocycles. The predicted molar refractivity (Wildman–Crippen MR) is 77.2 cm³/mol. The Labute approximate surface area is 127 Å². The van der Waals surface area contributed by atoms with Crippen molar-refractivity contribution in [2.24, 2.45) is 0 Å². The number of rotatable bonds is 4. The van der Waals surface area contributed by atoms with Crippen LogP contribution in [0.2, 0.25) is 0 Å². The molecule has 2 heterocycles. The van der Waals surface area contributed by atoms with Crippen molar-refractivity contribution in [3.05, 3.63) is 44.7 Å². The Bertz CT molecular complexity index is 578. The summed E-state index contributed by atoms with van der Waals surface area (Å²) in [6.45, 7) is 1.64. The van der Waals surface area contributed by atoms with Crippen molar-refractivity contribution in [2.45, 2.75) is 13.1 Å². The van der Waals surface area contributed by atoms with Gasteiger partial charge in [0.05, 0.1) is 11.0 Å². The maximum atomic E-state index is 5.50. The highest BCUT2D eigenvalue weighted by atomic mass is 79.9. The standard InChI is InChI=1S/C13H11Br2NO3/c14-10-4-9(19-13(10)15)6-16-5-8-2-1-3-11-12(8)18-7-17-11/h1-4,16H,5-7H2. The molecule has 3 rings (SSSR count). The van der Waals surface area contributed by atoms with Crippen molar-refractivity contribution < 1.29 is 13.9 Å². The summed E-state index contributed by atoms with van der Waals surface area (Å²) in [7, 11) is 0. The summed E-state index contributed by atoms with van der Waals surface area (Å²) in [6, 6.07) is 7.83. The van der Waals surface area contributed by atoms with Crippen LogP contribution in [0.3, 0.4) is 0 Å². The van der Waals surface area contributed by atoms with Gasteiger partial charge in [-0.3, -0.25) is 0 Å². The summed E-state index contributed by atoms with van der Waals surface area (Å²) >= 11 is 6.70. The van der Waals surface area contributed by atoms with Crippen LogP contribution in [-0.2, 0) is 13.1 Å². The van der Waals surface area contributed by atoms with Gasteiger partial charge in [0.1, 0.15) is 5.76 Å². The lowest BCUT2D eigenvalue weighted by Gasteiger charge is -2.06. The van der Waals surface area contributed by atoms with Gasteiger partial charge in [0.15, 0.2) is 16.2 Å². The van der Waals surface area contributed by atoms with Gasteiger partial charge < -0.3 is 19.2 Å². The largest absolute Gasteiger partial charge is 0.454 e. The second-order valence-electron chi connectivity index (χ2n) is 4.09. The SMILES string of the molecule is Brc1cc(CNCc2cccc3c2OCO3)oc1Br. The Balaban J connectivity index is 1.62. The zero-order valence-electron chi connectivity index (χ0n) is 9.91. The van der Waals surface area contributed by atoms with Gasteiger partial charge in [-0.05, 0) is 44.0 Å². The fourth-order valence-electron chi connectivity index (χ4n) is 1.93. The normalized spacial score (nSPS) is 12.9. The molecule has 4 nitrogen and oxygen atoms in total. The van der Waals surface area contributed by atoms with E-state index in [9.17, 15) is 0 Å². The van der Waals surface area contributed by atoms with E-state index in [0.29, 0.717) is 24.6 Å². The molecule has 1 N–H and O–H groups in total. The lowest BCUT2D eigenvalue weighted by atomic mass is 10.2. The van der Waals surface area contributed by atoms with Gasteiger partial charge >= 0.3 is 0 Å². The minimum atomic E-state index is 0.296. The summed E-state index contributed by atoms with van der Waals surface area (Å²) in [5, 5.41) is 3.32. The maximum absolute atomic E-state index is 5.50. The molecule has 1 aliphatic rings. The van der Waals surface area contributed by atoms with Crippen LogP contribution in [0.25, 0.3) is 0 Å². The average molecular weight is 389 g/mol. The topological polar surface area (TPSA) is 43.6 Å². The fourth-order valence-corrected chi connectivity index (χ4v) is 2.59. The van der Waals surface area contributed by atoms with Crippen molar-refractivity contribution in [1.82, 2.24) is 5.32 Å². The minimum Gasteiger partial charge on any atom is -0.454 e. The molecule has 1 aromatic carbocycles. The highest BCUT2D eigenvalue weighted by molar-refractivity contribution is 9.13. The number of para-hydroxylation sites is 1. The molecule has 2 aromatic rings. The molecule has 0 unspecified atom stereocenters. The van der Waals surface area contributed by atoms with Gasteiger partial charge in [0.25, 0.3) is 0 Å².